The first-order valence-electron chi connectivity index (χ1n) is 3.14. The summed E-state index contributed by atoms with van der Waals surface area (Å²) in [5, 5.41) is 8.41. The summed E-state index contributed by atoms with van der Waals surface area (Å²) in [6, 6.07) is -0.907. The molecule has 0 rings (SSSR count). The van der Waals surface area contributed by atoms with E-state index in [0.717, 1.165) is 0 Å². The monoisotopic (exact) mass is 147 g/mol. The molecule has 0 heterocycles. The summed E-state index contributed by atoms with van der Waals surface area (Å²) >= 11 is 0. The first-order valence-corrected chi connectivity index (χ1v) is 3.14. The van der Waals surface area contributed by atoms with E-state index >= 15 is 0 Å². The Morgan fingerprint density at radius 3 is 2.40 bits per heavy atom. The molecule has 0 spiro atoms. The number of carbonyl (C=O) groups is 1. The van der Waals surface area contributed by atoms with Gasteiger partial charge in [-0.05, 0) is 6.42 Å². The van der Waals surface area contributed by atoms with Crippen molar-refractivity contribution < 1.29 is 14.6 Å². The van der Waals surface area contributed by atoms with Gasteiger partial charge < -0.3 is 15.6 Å². The molecule has 0 aliphatic heterocycles. The summed E-state index contributed by atoms with van der Waals surface area (Å²) in [5.74, 6) is -1.02. The maximum atomic E-state index is 10.3. The van der Waals surface area contributed by atoms with Crippen molar-refractivity contribution in [1.82, 2.24) is 0 Å². The van der Waals surface area contributed by atoms with Crippen molar-refractivity contribution in [3.8, 4) is 0 Å². The van der Waals surface area contributed by atoms with Crippen molar-refractivity contribution >= 4 is 5.97 Å². The van der Waals surface area contributed by atoms with Gasteiger partial charge in [-0.3, -0.25) is 4.79 Å². The fourth-order valence-electron chi connectivity index (χ4n) is 0.726. The van der Waals surface area contributed by atoms with Gasteiger partial charge in [0.25, 0.3) is 0 Å². The first-order chi connectivity index (χ1) is 4.63. The van der Waals surface area contributed by atoms with Crippen LogP contribution < -0.4 is 5.73 Å². The summed E-state index contributed by atoms with van der Waals surface area (Å²) < 4.78 is 4.82. The second-order valence-electron chi connectivity index (χ2n) is 2.05. The molecule has 0 radical (unpaired) electrons. The Labute approximate surface area is 60.0 Å². The third-order valence-electron chi connectivity index (χ3n) is 1.39. The number of ether oxygens (including phenoxy) is 1. The van der Waals surface area contributed by atoms with Crippen molar-refractivity contribution in [2.75, 3.05) is 7.11 Å². The van der Waals surface area contributed by atoms with Crippen LogP contribution in [0.3, 0.4) is 0 Å². The highest BCUT2D eigenvalue weighted by Gasteiger charge is 2.21. The van der Waals surface area contributed by atoms with Gasteiger partial charge in [-0.1, -0.05) is 6.92 Å². The number of methoxy groups -OCH3 is 1. The molecule has 3 N–H and O–H groups in total. The number of hydrogen-bond donors (Lipinski definition) is 2. The minimum atomic E-state index is -1.02. The zero-order chi connectivity index (χ0) is 8.15. The van der Waals surface area contributed by atoms with Crippen molar-refractivity contribution in [2.24, 2.45) is 5.73 Å². The summed E-state index contributed by atoms with van der Waals surface area (Å²) in [6.45, 7) is 1.83. The standard InChI is InChI=1S/C6H13NO3/c1-3-4(10-2)5(7)6(8)9/h4-5H,3,7H2,1-2H3,(H,8,9). The number of nitrogens with two attached hydrogens (primary N) is 1. The largest absolute Gasteiger partial charge is 0.480 e. The molecule has 2 atom stereocenters. The highest BCUT2D eigenvalue weighted by molar-refractivity contribution is 5.73. The zero-order valence-electron chi connectivity index (χ0n) is 6.20. The van der Waals surface area contributed by atoms with Crippen LogP contribution in [0, 0.1) is 0 Å². The van der Waals surface area contributed by atoms with Crippen LogP contribution in [0.5, 0.6) is 0 Å². The maximum Gasteiger partial charge on any atom is 0.323 e. The Morgan fingerprint density at radius 2 is 2.30 bits per heavy atom. The van der Waals surface area contributed by atoms with Gasteiger partial charge in [0.1, 0.15) is 6.04 Å². The fraction of sp³-hybridized carbons (Fsp3) is 0.833. The lowest BCUT2D eigenvalue weighted by Gasteiger charge is -2.16. The van der Waals surface area contributed by atoms with E-state index in [1.165, 1.54) is 7.11 Å². The molecule has 0 aromatic carbocycles. The minimum Gasteiger partial charge on any atom is -0.480 e. The third kappa shape index (κ3) is 2.33. The van der Waals surface area contributed by atoms with Crippen molar-refractivity contribution in [3.05, 3.63) is 0 Å². The number of carboxylic acid groups (broad SMARTS) is 1. The molecule has 0 aromatic rings. The number of aliphatic carboxylic acids is 1. The van der Waals surface area contributed by atoms with Crippen LogP contribution in [0.4, 0.5) is 0 Å². The molecule has 4 heteroatoms. The van der Waals surface area contributed by atoms with Crippen LogP contribution in [0.1, 0.15) is 13.3 Å². The van der Waals surface area contributed by atoms with E-state index in [4.69, 9.17) is 15.6 Å². The van der Waals surface area contributed by atoms with Gasteiger partial charge in [0.05, 0.1) is 6.10 Å². The van der Waals surface area contributed by atoms with Crippen LogP contribution in [-0.4, -0.2) is 30.3 Å². The van der Waals surface area contributed by atoms with Gasteiger partial charge in [0, 0.05) is 7.11 Å². The second kappa shape index (κ2) is 4.24. The molecule has 0 fully saturated rings. The van der Waals surface area contributed by atoms with Gasteiger partial charge in [0.2, 0.25) is 0 Å². The average Bonchev–Trinajstić information content (AvgIpc) is 1.90. The highest BCUT2D eigenvalue weighted by Crippen LogP contribution is 2.00. The van der Waals surface area contributed by atoms with E-state index in [2.05, 4.69) is 0 Å². The van der Waals surface area contributed by atoms with E-state index in [9.17, 15) is 4.79 Å². The molecule has 0 saturated heterocycles. The fourth-order valence-corrected chi connectivity index (χ4v) is 0.726. The molecule has 0 aromatic heterocycles. The second-order valence-corrected chi connectivity index (χ2v) is 2.05. The molecular formula is C6H13NO3. The molecule has 0 aliphatic carbocycles. The van der Waals surface area contributed by atoms with Gasteiger partial charge in [-0.2, -0.15) is 0 Å². The Morgan fingerprint density at radius 1 is 1.80 bits per heavy atom. The van der Waals surface area contributed by atoms with Gasteiger partial charge in [-0.15, -0.1) is 0 Å². The van der Waals surface area contributed by atoms with Gasteiger partial charge >= 0.3 is 5.97 Å². The number of hydrogen-bond acceptors (Lipinski definition) is 3. The SMILES string of the molecule is CCC(OC)C(N)C(=O)O. The minimum absolute atomic E-state index is 0.377. The summed E-state index contributed by atoms with van der Waals surface area (Å²) in [4.78, 5) is 10.3. The first kappa shape index (κ1) is 9.39. The lowest BCUT2D eigenvalue weighted by Crippen LogP contribution is -2.42. The Bertz CT molecular complexity index is 112. The highest BCUT2D eigenvalue weighted by atomic mass is 16.5. The maximum absolute atomic E-state index is 10.3. The number of carboxylic acids is 1. The summed E-state index contributed by atoms with van der Waals surface area (Å²) in [6.07, 6.45) is 0.238. The molecule has 0 bridgehead atoms. The smallest absolute Gasteiger partial charge is 0.323 e. The van der Waals surface area contributed by atoms with E-state index in [-0.39, 0.29) is 6.10 Å². The van der Waals surface area contributed by atoms with Crippen molar-refractivity contribution in [1.29, 1.82) is 0 Å². The summed E-state index contributed by atoms with van der Waals surface area (Å²) in [7, 11) is 1.46. The van der Waals surface area contributed by atoms with Crippen LogP contribution >= 0.6 is 0 Å². The third-order valence-corrected chi connectivity index (χ3v) is 1.39. The molecule has 4 nitrogen and oxygen atoms in total. The molecule has 10 heavy (non-hydrogen) atoms. The Hall–Kier alpha value is -0.610. The quantitative estimate of drug-likeness (QED) is 0.578. The van der Waals surface area contributed by atoms with E-state index in [1.807, 2.05) is 6.92 Å². The van der Waals surface area contributed by atoms with E-state index in [0.29, 0.717) is 6.42 Å². The topological polar surface area (TPSA) is 72.5 Å². The predicted molar refractivity (Wildman–Crippen MR) is 36.7 cm³/mol. The molecule has 60 valence electrons. The lowest BCUT2D eigenvalue weighted by molar-refractivity contribution is -0.141. The van der Waals surface area contributed by atoms with Crippen molar-refractivity contribution in [3.63, 3.8) is 0 Å². The van der Waals surface area contributed by atoms with E-state index in [1.54, 1.807) is 0 Å². The summed E-state index contributed by atoms with van der Waals surface area (Å²) in [5.41, 5.74) is 5.26. The lowest BCUT2D eigenvalue weighted by atomic mass is 10.1. The van der Waals surface area contributed by atoms with Crippen LogP contribution in [0.25, 0.3) is 0 Å². The Kier molecular flexibility index (Phi) is 3.99. The van der Waals surface area contributed by atoms with Crippen molar-refractivity contribution in [2.45, 2.75) is 25.5 Å². The molecule has 0 aliphatic rings. The van der Waals surface area contributed by atoms with Crippen LogP contribution in [-0.2, 0) is 9.53 Å². The van der Waals surface area contributed by atoms with E-state index < -0.39 is 12.0 Å². The normalized spacial score (nSPS) is 16.3. The number of rotatable bonds is 4. The molecular weight excluding hydrogens is 134 g/mol. The van der Waals surface area contributed by atoms with Gasteiger partial charge in [0.15, 0.2) is 0 Å². The molecule has 2 unspecified atom stereocenters. The Balaban J connectivity index is 3.88. The molecule has 0 amide bonds. The van der Waals surface area contributed by atoms with Crippen LogP contribution in [0.2, 0.25) is 0 Å². The molecule has 0 saturated carbocycles. The average molecular weight is 147 g/mol. The zero-order valence-corrected chi connectivity index (χ0v) is 6.20. The van der Waals surface area contributed by atoms with Crippen LogP contribution in [0.15, 0.2) is 0 Å². The van der Waals surface area contributed by atoms with Gasteiger partial charge in [-0.25, -0.2) is 0 Å². The predicted octanol–water partition coefficient (Wildman–Crippen LogP) is -0.177.